The third kappa shape index (κ3) is 4.35. The maximum absolute atomic E-state index is 13.6. The van der Waals surface area contributed by atoms with Crippen molar-refractivity contribution >= 4 is 44.3 Å². The Hall–Kier alpha value is -4.05. The minimum Gasteiger partial charge on any atom is -0.503 e. The molecular weight excluding hydrogens is 543 g/mol. The van der Waals surface area contributed by atoms with Gasteiger partial charge in [0.15, 0.2) is 11.5 Å². The number of hydrogen-bond acceptors (Lipinski definition) is 5. The predicted octanol–water partition coefficient (Wildman–Crippen LogP) is 6.88. The fourth-order valence-corrected chi connectivity index (χ4v) is 4.52. The Balaban J connectivity index is 1.61. The first-order valence-corrected chi connectivity index (χ1v) is 11.3. The number of aliphatic hydroxyl groups is 1. The van der Waals surface area contributed by atoms with Crippen LogP contribution in [0.3, 0.4) is 0 Å². The summed E-state index contributed by atoms with van der Waals surface area (Å²) in [5.74, 6) is -3.16. The van der Waals surface area contributed by atoms with Crippen molar-refractivity contribution in [1.29, 1.82) is 0 Å². The van der Waals surface area contributed by atoms with Crippen LogP contribution in [0.25, 0.3) is 11.0 Å². The number of ether oxygens (including phenoxy) is 1. The van der Waals surface area contributed by atoms with Crippen molar-refractivity contribution in [1.82, 2.24) is 0 Å². The molecule has 1 aromatic heterocycles. The summed E-state index contributed by atoms with van der Waals surface area (Å²) in [4.78, 5) is 27.9. The zero-order valence-corrected chi connectivity index (χ0v) is 19.7. The van der Waals surface area contributed by atoms with Crippen molar-refractivity contribution in [2.75, 3.05) is 4.90 Å². The highest BCUT2D eigenvalue weighted by Gasteiger charge is 2.45. The van der Waals surface area contributed by atoms with Crippen molar-refractivity contribution in [2.45, 2.75) is 12.4 Å². The summed E-state index contributed by atoms with van der Waals surface area (Å²) < 4.78 is 48.8. The van der Waals surface area contributed by atoms with Crippen molar-refractivity contribution in [3.05, 3.63) is 106 Å². The molecule has 1 amide bonds. The standard InChI is InChI=1S/C26H15BrF3NO5/c27-16-9-10-19-15(11-16)12-20(35-19)23(32)21-22(14-5-2-1-3-6-14)31(25(34)24(21)33)17-7-4-8-18(13-17)36-26(28,29)30/h1-13,22,33H. The van der Waals surface area contributed by atoms with Gasteiger partial charge in [-0.1, -0.05) is 52.3 Å². The van der Waals surface area contributed by atoms with Gasteiger partial charge < -0.3 is 14.3 Å². The fraction of sp³-hybridized carbons (Fsp3) is 0.0769. The molecule has 0 aliphatic carbocycles. The molecule has 36 heavy (non-hydrogen) atoms. The Labute approximate surface area is 210 Å². The quantitative estimate of drug-likeness (QED) is 0.271. The first-order valence-electron chi connectivity index (χ1n) is 10.5. The van der Waals surface area contributed by atoms with Crippen LogP contribution < -0.4 is 9.64 Å². The number of benzene rings is 3. The minimum atomic E-state index is -4.94. The van der Waals surface area contributed by atoms with Crippen LogP contribution in [0.4, 0.5) is 18.9 Å². The normalized spacial score (nSPS) is 16.2. The Kier molecular flexibility index (Phi) is 5.83. The van der Waals surface area contributed by atoms with E-state index in [-0.39, 0.29) is 17.0 Å². The number of furan rings is 1. The summed E-state index contributed by atoms with van der Waals surface area (Å²) in [5, 5.41) is 11.5. The molecule has 1 N–H and O–H groups in total. The average Bonchev–Trinajstić information content (AvgIpc) is 3.37. The number of alkyl halides is 3. The molecule has 0 bridgehead atoms. The molecule has 0 fully saturated rings. The van der Waals surface area contributed by atoms with Gasteiger partial charge in [-0.2, -0.15) is 0 Å². The largest absolute Gasteiger partial charge is 0.573 e. The van der Waals surface area contributed by atoms with E-state index in [1.807, 2.05) is 0 Å². The van der Waals surface area contributed by atoms with E-state index in [9.17, 15) is 27.9 Å². The number of ketones is 1. The van der Waals surface area contributed by atoms with Gasteiger partial charge in [-0.25, -0.2) is 0 Å². The SMILES string of the molecule is O=C(C1=C(O)C(=O)N(c2cccc(OC(F)(F)F)c2)C1c1ccccc1)c1cc2cc(Br)ccc2o1. The maximum atomic E-state index is 13.6. The number of fused-ring (bicyclic) bond motifs is 1. The lowest BCUT2D eigenvalue weighted by molar-refractivity contribution is -0.274. The number of carbonyl (C=O) groups excluding carboxylic acids is 2. The second-order valence-corrected chi connectivity index (χ2v) is 8.83. The molecule has 4 aromatic rings. The molecule has 0 saturated heterocycles. The second kappa shape index (κ2) is 8.87. The number of amides is 1. The van der Waals surface area contributed by atoms with Gasteiger partial charge in [0.1, 0.15) is 11.3 Å². The number of anilines is 1. The van der Waals surface area contributed by atoms with Crippen LogP contribution in [0.5, 0.6) is 5.75 Å². The van der Waals surface area contributed by atoms with Gasteiger partial charge in [-0.15, -0.1) is 13.2 Å². The van der Waals surface area contributed by atoms with E-state index in [0.717, 1.165) is 21.5 Å². The number of hydrogen-bond donors (Lipinski definition) is 1. The van der Waals surface area contributed by atoms with Gasteiger partial charge >= 0.3 is 6.36 Å². The lowest BCUT2D eigenvalue weighted by Gasteiger charge is -2.27. The van der Waals surface area contributed by atoms with Crippen molar-refractivity contribution < 1.29 is 37.0 Å². The molecule has 0 radical (unpaired) electrons. The van der Waals surface area contributed by atoms with Gasteiger partial charge in [0.25, 0.3) is 5.91 Å². The molecule has 10 heteroatoms. The van der Waals surface area contributed by atoms with Gasteiger partial charge in [0.2, 0.25) is 5.78 Å². The lowest BCUT2D eigenvalue weighted by atomic mass is 9.95. The molecular formula is C26H15BrF3NO5. The molecule has 1 unspecified atom stereocenters. The highest BCUT2D eigenvalue weighted by molar-refractivity contribution is 9.10. The molecule has 2 heterocycles. The summed E-state index contributed by atoms with van der Waals surface area (Å²) >= 11 is 3.35. The van der Waals surface area contributed by atoms with Gasteiger partial charge in [0, 0.05) is 21.6 Å². The Morgan fingerprint density at radius 3 is 2.47 bits per heavy atom. The van der Waals surface area contributed by atoms with E-state index < -0.39 is 35.6 Å². The highest BCUT2D eigenvalue weighted by atomic mass is 79.9. The number of carbonyl (C=O) groups is 2. The van der Waals surface area contributed by atoms with E-state index in [0.29, 0.717) is 16.5 Å². The van der Waals surface area contributed by atoms with Crippen molar-refractivity contribution in [2.24, 2.45) is 0 Å². The third-order valence-electron chi connectivity index (χ3n) is 5.60. The first-order chi connectivity index (χ1) is 17.1. The highest BCUT2D eigenvalue weighted by Crippen LogP contribution is 2.43. The van der Waals surface area contributed by atoms with Crippen LogP contribution in [0.1, 0.15) is 22.2 Å². The van der Waals surface area contributed by atoms with E-state index in [1.54, 1.807) is 48.5 Å². The summed E-state index contributed by atoms with van der Waals surface area (Å²) in [5.41, 5.74) is 0.625. The van der Waals surface area contributed by atoms with E-state index >= 15 is 0 Å². The third-order valence-corrected chi connectivity index (χ3v) is 6.09. The molecule has 6 nitrogen and oxygen atoms in total. The average molecular weight is 558 g/mol. The monoisotopic (exact) mass is 557 g/mol. The van der Waals surface area contributed by atoms with Crippen LogP contribution in [0.15, 0.2) is 99.1 Å². The van der Waals surface area contributed by atoms with Gasteiger partial charge in [-0.05, 0) is 42.0 Å². The molecule has 5 rings (SSSR count). The van der Waals surface area contributed by atoms with Crippen LogP contribution in [-0.2, 0) is 4.79 Å². The number of Topliss-reactive ketones (excluding diaryl/α,β-unsaturated/α-hetero) is 1. The van der Waals surface area contributed by atoms with Crippen LogP contribution in [-0.4, -0.2) is 23.2 Å². The maximum Gasteiger partial charge on any atom is 0.573 e. The molecule has 182 valence electrons. The van der Waals surface area contributed by atoms with Crippen LogP contribution in [0, 0.1) is 0 Å². The number of rotatable bonds is 5. The molecule has 0 spiro atoms. The zero-order chi connectivity index (χ0) is 25.6. The van der Waals surface area contributed by atoms with Gasteiger partial charge in [0.05, 0.1) is 11.6 Å². The van der Waals surface area contributed by atoms with Crippen molar-refractivity contribution in [3.8, 4) is 5.75 Å². The fourth-order valence-electron chi connectivity index (χ4n) is 4.14. The smallest absolute Gasteiger partial charge is 0.503 e. The Morgan fingerprint density at radius 1 is 1.00 bits per heavy atom. The summed E-state index contributed by atoms with van der Waals surface area (Å²) in [6.07, 6.45) is -4.94. The van der Waals surface area contributed by atoms with E-state index in [2.05, 4.69) is 20.7 Å². The summed E-state index contributed by atoms with van der Waals surface area (Å²) in [6.45, 7) is 0. The molecule has 3 aromatic carbocycles. The van der Waals surface area contributed by atoms with Crippen LogP contribution in [0.2, 0.25) is 0 Å². The first kappa shape index (κ1) is 23.7. The van der Waals surface area contributed by atoms with Crippen molar-refractivity contribution in [3.63, 3.8) is 0 Å². The Bertz CT molecular complexity index is 1530. The van der Waals surface area contributed by atoms with Crippen LogP contribution >= 0.6 is 15.9 Å². The summed E-state index contributed by atoms with van der Waals surface area (Å²) in [7, 11) is 0. The Morgan fingerprint density at radius 2 is 1.75 bits per heavy atom. The topological polar surface area (TPSA) is 80.0 Å². The van der Waals surface area contributed by atoms with E-state index in [1.165, 1.54) is 18.2 Å². The molecule has 1 aliphatic rings. The summed E-state index contributed by atoms with van der Waals surface area (Å²) in [6, 6.07) is 18.6. The molecule has 1 atom stereocenters. The molecule has 0 saturated carbocycles. The molecule has 1 aliphatic heterocycles. The second-order valence-electron chi connectivity index (χ2n) is 7.92. The number of halogens is 4. The lowest BCUT2D eigenvalue weighted by Crippen LogP contribution is -2.31. The van der Waals surface area contributed by atoms with E-state index in [4.69, 9.17) is 4.42 Å². The number of nitrogens with zero attached hydrogens (tertiary/aromatic N) is 1. The minimum absolute atomic E-state index is 0.00140. The number of aliphatic hydroxyl groups excluding tert-OH is 1. The zero-order valence-electron chi connectivity index (χ0n) is 18.1. The predicted molar refractivity (Wildman–Crippen MR) is 128 cm³/mol. The van der Waals surface area contributed by atoms with Gasteiger partial charge in [-0.3, -0.25) is 14.5 Å².